The van der Waals surface area contributed by atoms with Crippen LogP contribution in [0.1, 0.15) is 36.5 Å². The van der Waals surface area contributed by atoms with Crippen LogP contribution in [0.15, 0.2) is 28.7 Å². The molecule has 112 valence electrons. The Kier molecular flexibility index (Phi) is 8.50. The van der Waals surface area contributed by atoms with Crippen LogP contribution in [-0.4, -0.2) is 42.3 Å². The lowest BCUT2D eigenvalue weighted by atomic mass is 10.1. The summed E-state index contributed by atoms with van der Waals surface area (Å²) in [6.45, 7) is 3.24. The Morgan fingerprint density at radius 3 is 2.60 bits per heavy atom. The predicted octanol–water partition coefficient (Wildman–Crippen LogP) is 4.49. The first-order valence-corrected chi connectivity index (χ1v) is 9.21. The van der Waals surface area contributed by atoms with Gasteiger partial charge in [0.1, 0.15) is 0 Å². The monoisotopic (exact) mass is 357 g/mol. The minimum absolute atomic E-state index is 0.239. The average molecular weight is 358 g/mol. The third-order valence-electron chi connectivity index (χ3n) is 3.57. The first-order valence-electron chi connectivity index (χ1n) is 7.02. The van der Waals surface area contributed by atoms with Crippen molar-refractivity contribution in [2.45, 2.75) is 32.2 Å². The first kappa shape index (κ1) is 17.7. The summed E-state index contributed by atoms with van der Waals surface area (Å²) in [6.07, 6.45) is 4.90. The highest BCUT2D eigenvalue weighted by Crippen LogP contribution is 2.13. The molecule has 1 atom stereocenters. The summed E-state index contributed by atoms with van der Waals surface area (Å²) in [4.78, 5) is 14.4. The molecule has 0 fully saturated rings. The largest absolute Gasteiger partial charge is 0.304 e. The summed E-state index contributed by atoms with van der Waals surface area (Å²) in [5.74, 6) is 1.44. The maximum Gasteiger partial charge on any atom is 0.162 e. The van der Waals surface area contributed by atoms with E-state index in [1.807, 2.05) is 36.0 Å². The number of nitrogens with zero attached hydrogens (tertiary/aromatic N) is 1. The van der Waals surface area contributed by atoms with E-state index in [9.17, 15) is 4.79 Å². The SMILES string of the molecule is CSCCC(C)N(C)CCCC(=O)c1ccc(Br)cc1. The van der Waals surface area contributed by atoms with Gasteiger partial charge in [-0.15, -0.1) is 0 Å². The van der Waals surface area contributed by atoms with Crippen LogP contribution in [0.4, 0.5) is 0 Å². The molecule has 0 heterocycles. The zero-order valence-electron chi connectivity index (χ0n) is 12.6. The van der Waals surface area contributed by atoms with Crippen LogP contribution < -0.4 is 0 Å². The average Bonchev–Trinajstić information content (AvgIpc) is 2.45. The number of hydrogen-bond donors (Lipinski definition) is 0. The number of carbonyl (C=O) groups excluding carboxylic acids is 1. The maximum absolute atomic E-state index is 12.0. The number of thioether (sulfide) groups is 1. The Morgan fingerprint density at radius 2 is 2.00 bits per heavy atom. The van der Waals surface area contributed by atoms with Crippen molar-refractivity contribution in [3.05, 3.63) is 34.3 Å². The van der Waals surface area contributed by atoms with Crippen LogP contribution in [-0.2, 0) is 0 Å². The highest BCUT2D eigenvalue weighted by atomic mass is 79.9. The van der Waals surface area contributed by atoms with Crippen LogP contribution in [0.5, 0.6) is 0 Å². The van der Waals surface area contributed by atoms with Crippen molar-refractivity contribution in [1.82, 2.24) is 4.90 Å². The van der Waals surface area contributed by atoms with Crippen molar-refractivity contribution in [3.8, 4) is 0 Å². The molecule has 0 aliphatic carbocycles. The molecule has 0 amide bonds. The molecule has 0 aromatic heterocycles. The number of carbonyl (C=O) groups is 1. The minimum Gasteiger partial charge on any atom is -0.304 e. The number of hydrogen-bond acceptors (Lipinski definition) is 3. The van der Waals surface area contributed by atoms with Crippen molar-refractivity contribution < 1.29 is 4.79 Å². The van der Waals surface area contributed by atoms with Crippen LogP contribution in [0, 0.1) is 0 Å². The van der Waals surface area contributed by atoms with Crippen molar-refractivity contribution in [3.63, 3.8) is 0 Å². The van der Waals surface area contributed by atoms with Crippen molar-refractivity contribution in [1.29, 1.82) is 0 Å². The third-order valence-corrected chi connectivity index (χ3v) is 4.75. The minimum atomic E-state index is 0.239. The third kappa shape index (κ3) is 6.42. The number of benzene rings is 1. The van der Waals surface area contributed by atoms with Gasteiger partial charge in [-0.3, -0.25) is 4.79 Å². The molecule has 0 bridgehead atoms. The normalized spacial score (nSPS) is 12.7. The highest BCUT2D eigenvalue weighted by molar-refractivity contribution is 9.10. The molecule has 4 heteroatoms. The summed E-state index contributed by atoms with van der Waals surface area (Å²) in [6, 6.07) is 8.20. The van der Waals surface area contributed by atoms with E-state index in [1.165, 1.54) is 12.2 Å². The molecule has 0 aliphatic heterocycles. The van der Waals surface area contributed by atoms with Gasteiger partial charge in [-0.05, 0) is 57.5 Å². The molecule has 0 aliphatic rings. The zero-order chi connectivity index (χ0) is 15.0. The molecule has 1 aromatic carbocycles. The van der Waals surface area contributed by atoms with Gasteiger partial charge in [-0.2, -0.15) is 11.8 Å². The first-order chi connectivity index (χ1) is 9.54. The second-order valence-corrected chi connectivity index (χ2v) is 7.05. The van der Waals surface area contributed by atoms with E-state index >= 15 is 0 Å². The van der Waals surface area contributed by atoms with Gasteiger partial charge in [0.05, 0.1) is 0 Å². The van der Waals surface area contributed by atoms with Gasteiger partial charge in [0.15, 0.2) is 5.78 Å². The van der Waals surface area contributed by atoms with E-state index < -0.39 is 0 Å². The van der Waals surface area contributed by atoms with Crippen LogP contribution in [0.25, 0.3) is 0 Å². The van der Waals surface area contributed by atoms with E-state index in [0.29, 0.717) is 12.5 Å². The van der Waals surface area contributed by atoms with Crippen molar-refractivity contribution in [2.75, 3.05) is 25.6 Å². The lowest BCUT2D eigenvalue weighted by molar-refractivity contribution is 0.0974. The Morgan fingerprint density at radius 1 is 1.35 bits per heavy atom. The van der Waals surface area contributed by atoms with Crippen molar-refractivity contribution >= 4 is 33.5 Å². The van der Waals surface area contributed by atoms with Crippen LogP contribution in [0.2, 0.25) is 0 Å². The van der Waals surface area contributed by atoms with Gasteiger partial charge in [-0.1, -0.05) is 28.1 Å². The Hall–Kier alpha value is -0.320. The van der Waals surface area contributed by atoms with Gasteiger partial charge in [0.25, 0.3) is 0 Å². The topological polar surface area (TPSA) is 20.3 Å². The van der Waals surface area contributed by atoms with Gasteiger partial charge in [-0.25, -0.2) is 0 Å². The van der Waals surface area contributed by atoms with E-state index in [-0.39, 0.29) is 5.78 Å². The number of rotatable bonds is 9. The highest BCUT2D eigenvalue weighted by Gasteiger charge is 2.10. The van der Waals surface area contributed by atoms with Crippen LogP contribution >= 0.6 is 27.7 Å². The molecule has 2 nitrogen and oxygen atoms in total. The van der Waals surface area contributed by atoms with E-state index in [0.717, 1.165) is 23.0 Å². The van der Waals surface area contributed by atoms with E-state index in [1.54, 1.807) is 0 Å². The fraction of sp³-hybridized carbons (Fsp3) is 0.562. The molecule has 1 rings (SSSR count). The summed E-state index contributed by atoms with van der Waals surface area (Å²) in [5, 5.41) is 0. The summed E-state index contributed by atoms with van der Waals surface area (Å²) in [7, 11) is 2.15. The molecular formula is C16H24BrNOS. The molecule has 0 spiro atoms. The van der Waals surface area contributed by atoms with Gasteiger partial charge < -0.3 is 4.90 Å². The number of ketones is 1. The number of halogens is 1. The van der Waals surface area contributed by atoms with Gasteiger partial charge in [0.2, 0.25) is 0 Å². The summed E-state index contributed by atoms with van der Waals surface area (Å²) in [5.41, 5.74) is 0.811. The molecule has 0 saturated heterocycles. The lowest BCUT2D eigenvalue weighted by Gasteiger charge is -2.24. The second-order valence-electron chi connectivity index (χ2n) is 5.14. The van der Waals surface area contributed by atoms with Crippen molar-refractivity contribution in [2.24, 2.45) is 0 Å². The molecule has 0 saturated carbocycles. The Balaban J connectivity index is 2.29. The molecule has 1 aromatic rings. The second kappa shape index (κ2) is 9.59. The zero-order valence-corrected chi connectivity index (χ0v) is 15.0. The van der Waals surface area contributed by atoms with Crippen LogP contribution in [0.3, 0.4) is 0 Å². The molecule has 0 radical (unpaired) electrons. The Bertz CT molecular complexity index is 407. The van der Waals surface area contributed by atoms with Gasteiger partial charge in [0, 0.05) is 22.5 Å². The molecular weight excluding hydrogens is 334 g/mol. The van der Waals surface area contributed by atoms with E-state index in [4.69, 9.17) is 0 Å². The summed E-state index contributed by atoms with van der Waals surface area (Å²) < 4.78 is 1.01. The number of Topliss-reactive ketones (excluding diaryl/α,β-unsaturated/α-hetero) is 1. The predicted molar refractivity (Wildman–Crippen MR) is 92.8 cm³/mol. The van der Waals surface area contributed by atoms with Gasteiger partial charge >= 0.3 is 0 Å². The lowest BCUT2D eigenvalue weighted by Crippen LogP contribution is -2.30. The smallest absolute Gasteiger partial charge is 0.162 e. The standard InChI is InChI=1S/C16H24BrNOS/c1-13(10-12-20-3)18(2)11-4-5-16(19)14-6-8-15(17)9-7-14/h6-9,13H,4-5,10-12H2,1-3H3. The molecule has 1 unspecified atom stereocenters. The fourth-order valence-corrected chi connectivity index (χ4v) is 2.84. The maximum atomic E-state index is 12.0. The summed E-state index contributed by atoms with van der Waals surface area (Å²) >= 11 is 5.27. The molecule has 0 N–H and O–H groups in total. The fourth-order valence-electron chi connectivity index (χ4n) is 2.00. The quantitative estimate of drug-likeness (QED) is 0.607. The Labute approximate surface area is 135 Å². The van der Waals surface area contributed by atoms with E-state index in [2.05, 4.69) is 41.1 Å². The molecule has 20 heavy (non-hydrogen) atoms.